The summed E-state index contributed by atoms with van der Waals surface area (Å²) in [6, 6.07) is 35.7. The molecule has 0 spiro atoms. The maximum Gasteiger partial charge on any atom is 0.343 e. The summed E-state index contributed by atoms with van der Waals surface area (Å²) in [6.45, 7) is 0. The van der Waals surface area contributed by atoms with E-state index in [1.54, 1.807) is 0 Å². The summed E-state index contributed by atoms with van der Waals surface area (Å²) in [5, 5.41) is 0. The van der Waals surface area contributed by atoms with E-state index in [9.17, 15) is 0 Å². The second kappa shape index (κ2) is 12.3. The van der Waals surface area contributed by atoms with Crippen molar-refractivity contribution in [2.45, 2.75) is 0 Å². The van der Waals surface area contributed by atoms with Gasteiger partial charge in [0, 0.05) is 0 Å². The van der Waals surface area contributed by atoms with Crippen LogP contribution in [0.15, 0.2) is 121 Å². The van der Waals surface area contributed by atoms with Gasteiger partial charge >= 0.3 is 19.5 Å². The normalized spacial score (nSPS) is 11.0. The van der Waals surface area contributed by atoms with Crippen molar-refractivity contribution in [1.29, 1.82) is 0 Å². The smallest absolute Gasteiger partial charge is 0.343 e. The number of hydrogen-bond acceptors (Lipinski definition) is 3. The maximum absolute atomic E-state index is 6.18. The van der Waals surface area contributed by atoms with E-state index in [0.717, 1.165) is 11.1 Å². The highest BCUT2D eigenvalue weighted by Crippen LogP contribution is 2.36. The van der Waals surface area contributed by atoms with Gasteiger partial charge in [-0.15, -0.1) is 0 Å². The number of hydrogen-bond donors (Lipinski definition) is 0. The average molecular weight is 463 g/mol. The monoisotopic (exact) mass is 462 g/mol. The molecule has 0 amide bonds. The Labute approximate surface area is 199 Å². The molecule has 0 heterocycles. The second-order valence-electron chi connectivity index (χ2n) is 6.92. The van der Waals surface area contributed by atoms with E-state index in [2.05, 4.69) is 36.4 Å². The Balaban J connectivity index is 1.38. The van der Waals surface area contributed by atoms with Crippen molar-refractivity contribution in [3.05, 3.63) is 132 Å². The van der Waals surface area contributed by atoms with Gasteiger partial charge in [-0.2, -0.15) is 0 Å². The first-order chi connectivity index (χ1) is 16.4. The molecule has 0 aliphatic carbocycles. The van der Waals surface area contributed by atoms with E-state index in [1.165, 1.54) is 0 Å². The molecule has 0 saturated heterocycles. The maximum atomic E-state index is 6.18. The van der Waals surface area contributed by atoms with Crippen molar-refractivity contribution in [2.24, 2.45) is 0 Å². The van der Waals surface area contributed by atoms with Gasteiger partial charge in [-0.1, -0.05) is 108 Å². The molecule has 4 aromatic carbocycles. The van der Waals surface area contributed by atoms with Crippen molar-refractivity contribution in [3.63, 3.8) is 0 Å². The molecule has 3 nitrogen and oxygen atoms in total. The van der Waals surface area contributed by atoms with Crippen LogP contribution in [-0.4, -0.2) is 19.5 Å². The minimum absolute atomic E-state index is 0.176. The molecule has 0 aromatic heterocycles. The Kier molecular flexibility index (Phi) is 8.34. The summed E-state index contributed by atoms with van der Waals surface area (Å²) < 4.78 is 18.2. The van der Waals surface area contributed by atoms with Crippen LogP contribution in [0.1, 0.15) is 11.1 Å². The quantitative estimate of drug-likeness (QED) is 0.242. The molecule has 4 rings (SSSR count). The lowest BCUT2D eigenvalue weighted by Gasteiger charge is -2.14. The van der Waals surface area contributed by atoms with Crippen molar-refractivity contribution in [1.82, 2.24) is 0 Å². The Morgan fingerprint density at radius 2 is 0.788 bits per heavy atom. The highest BCUT2D eigenvalue weighted by Gasteiger charge is 2.10. The molecule has 33 heavy (non-hydrogen) atoms. The third kappa shape index (κ3) is 7.10. The van der Waals surface area contributed by atoms with Gasteiger partial charge < -0.3 is 13.6 Å². The van der Waals surface area contributed by atoms with Crippen LogP contribution in [0.5, 0.6) is 23.0 Å². The van der Waals surface area contributed by atoms with Crippen LogP contribution in [0.3, 0.4) is 0 Å². The topological polar surface area (TPSA) is 27.7 Å². The van der Waals surface area contributed by atoms with Gasteiger partial charge in [-0.05, 0) is 35.4 Å². The Morgan fingerprint density at radius 1 is 0.424 bits per heavy atom. The minimum Gasteiger partial charge on any atom is -0.534 e. The summed E-state index contributed by atoms with van der Waals surface area (Å²) in [5.74, 6) is 2.68. The molecule has 0 atom stereocenters. The van der Waals surface area contributed by atoms with E-state index in [-0.39, 0.29) is 19.5 Å². The fourth-order valence-electron chi connectivity index (χ4n) is 2.94. The highest BCUT2D eigenvalue weighted by atomic mass is 28.2. The van der Waals surface area contributed by atoms with Gasteiger partial charge in [0.15, 0.2) is 11.5 Å². The number of rotatable bonds is 10. The standard InChI is InChI=1S/C28H22O3Si2/c1-3-11-23(12-4-1)19-21-32-30-27-17-9-7-15-25(27)29-26-16-8-10-18-28(26)31-33-22-20-24-13-5-2-6-14-24/h1-22H. The lowest BCUT2D eigenvalue weighted by atomic mass is 10.2. The van der Waals surface area contributed by atoms with Gasteiger partial charge in [0.2, 0.25) is 0 Å². The molecule has 4 aromatic rings. The third-order valence-electron chi connectivity index (χ3n) is 4.54. The summed E-state index contributed by atoms with van der Waals surface area (Å²) >= 11 is 0. The number of ether oxygens (including phenoxy) is 1. The lowest BCUT2D eigenvalue weighted by Crippen LogP contribution is -2.02. The van der Waals surface area contributed by atoms with Crippen LogP contribution in [0.4, 0.5) is 0 Å². The Hall–Kier alpha value is -3.81. The van der Waals surface area contributed by atoms with Gasteiger partial charge in [0.05, 0.1) is 0 Å². The fourth-order valence-corrected chi connectivity index (χ4v) is 4.19. The Bertz CT molecular complexity index is 1100. The molecule has 0 saturated carbocycles. The third-order valence-corrected chi connectivity index (χ3v) is 5.82. The highest BCUT2D eigenvalue weighted by molar-refractivity contribution is 6.37. The summed E-state index contributed by atoms with van der Waals surface area (Å²) in [5.41, 5.74) is 6.32. The summed E-state index contributed by atoms with van der Waals surface area (Å²) in [6.07, 6.45) is 4.10. The zero-order valence-corrected chi connectivity index (χ0v) is 19.9. The van der Waals surface area contributed by atoms with Crippen molar-refractivity contribution in [2.75, 3.05) is 0 Å². The van der Waals surface area contributed by atoms with Crippen LogP contribution in [-0.2, 0) is 0 Å². The summed E-state index contributed by atoms with van der Waals surface area (Å²) in [7, 11) is 0.353. The van der Waals surface area contributed by atoms with Gasteiger partial charge in [0.25, 0.3) is 0 Å². The number of benzene rings is 4. The molecule has 0 aliphatic heterocycles. The molecule has 160 valence electrons. The van der Waals surface area contributed by atoms with E-state index < -0.39 is 0 Å². The van der Waals surface area contributed by atoms with Crippen LogP contribution in [0.25, 0.3) is 12.2 Å². The first-order valence-electron chi connectivity index (χ1n) is 10.5. The molecule has 4 radical (unpaired) electrons. The first-order valence-corrected chi connectivity index (χ1v) is 12.5. The predicted octanol–water partition coefficient (Wildman–Crippen LogP) is 6.82. The van der Waals surface area contributed by atoms with Crippen LogP contribution in [0, 0.1) is 0 Å². The van der Waals surface area contributed by atoms with Crippen molar-refractivity contribution in [3.8, 4) is 23.0 Å². The van der Waals surface area contributed by atoms with E-state index >= 15 is 0 Å². The van der Waals surface area contributed by atoms with Crippen molar-refractivity contribution < 1.29 is 13.6 Å². The van der Waals surface area contributed by atoms with E-state index in [1.807, 2.05) is 96.3 Å². The minimum atomic E-state index is 0.176. The zero-order chi connectivity index (χ0) is 22.6. The first kappa shape index (κ1) is 22.4. The number of para-hydroxylation sites is 4. The molecule has 5 heteroatoms. The van der Waals surface area contributed by atoms with Crippen molar-refractivity contribution >= 4 is 31.7 Å². The molecule has 0 fully saturated rings. The van der Waals surface area contributed by atoms with Crippen LogP contribution >= 0.6 is 0 Å². The van der Waals surface area contributed by atoms with Gasteiger partial charge in [0.1, 0.15) is 11.5 Å². The van der Waals surface area contributed by atoms with E-state index in [4.69, 9.17) is 13.6 Å². The lowest BCUT2D eigenvalue weighted by molar-refractivity contribution is 0.433. The van der Waals surface area contributed by atoms with Gasteiger partial charge in [-0.3, -0.25) is 0 Å². The summed E-state index contributed by atoms with van der Waals surface area (Å²) in [4.78, 5) is 0. The zero-order valence-electron chi connectivity index (χ0n) is 17.9. The average Bonchev–Trinajstić information content (AvgIpc) is 2.87. The molecular formula is C28H22O3Si2. The second-order valence-corrected chi connectivity index (χ2v) is 8.47. The van der Waals surface area contributed by atoms with Gasteiger partial charge in [-0.25, -0.2) is 0 Å². The molecular weight excluding hydrogens is 440 g/mol. The predicted molar refractivity (Wildman–Crippen MR) is 137 cm³/mol. The Morgan fingerprint density at radius 3 is 1.21 bits per heavy atom. The molecule has 0 unspecified atom stereocenters. The molecule has 0 bridgehead atoms. The van der Waals surface area contributed by atoms with E-state index in [0.29, 0.717) is 23.0 Å². The molecule has 0 aliphatic rings. The molecule has 0 N–H and O–H groups in total. The SMILES string of the molecule is C(=Cc1ccccc1)[Si]Oc1ccccc1Oc1ccccc1O[Si]C=Cc1ccccc1. The largest absolute Gasteiger partial charge is 0.534 e. The van der Waals surface area contributed by atoms with Crippen LogP contribution < -0.4 is 13.6 Å². The fraction of sp³-hybridized carbons (Fsp3) is 0. The van der Waals surface area contributed by atoms with Crippen LogP contribution in [0.2, 0.25) is 0 Å².